The monoisotopic (exact) mass is 261 g/mol. The zero-order valence-corrected chi connectivity index (χ0v) is 10.8. The predicted molar refractivity (Wildman–Crippen MR) is 69.1 cm³/mol. The standard InChI is InChI=1S/C14H16FN3O/c1-16-12-8-4-6-10(12)14-17-13(18-19-14)9-5-2-3-7-11(9)15/h2-3,5,7,10,12,16H,4,6,8H2,1H3. The molecule has 0 spiro atoms. The maximum atomic E-state index is 13.7. The van der Waals surface area contributed by atoms with E-state index in [9.17, 15) is 4.39 Å². The van der Waals surface area contributed by atoms with Crippen LogP contribution in [0.3, 0.4) is 0 Å². The van der Waals surface area contributed by atoms with Crippen LogP contribution in [-0.2, 0) is 0 Å². The number of likely N-dealkylation sites (N-methyl/N-ethyl adjacent to an activating group) is 1. The first kappa shape index (κ1) is 12.3. The lowest BCUT2D eigenvalue weighted by Crippen LogP contribution is -2.27. The Labute approximate surface area is 111 Å². The zero-order chi connectivity index (χ0) is 13.2. The highest BCUT2D eigenvalue weighted by Crippen LogP contribution is 2.34. The summed E-state index contributed by atoms with van der Waals surface area (Å²) in [5.74, 6) is 0.842. The van der Waals surface area contributed by atoms with E-state index in [1.165, 1.54) is 6.07 Å². The minimum atomic E-state index is -0.327. The molecule has 1 aromatic carbocycles. The van der Waals surface area contributed by atoms with E-state index in [4.69, 9.17) is 4.52 Å². The summed E-state index contributed by atoms with van der Waals surface area (Å²) < 4.78 is 19.0. The molecule has 1 aliphatic carbocycles. The number of hydrogen-bond donors (Lipinski definition) is 1. The van der Waals surface area contributed by atoms with E-state index in [1.807, 2.05) is 7.05 Å². The van der Waals surface area contributed by atoms with Crippen LogP contribution >= 0.6 is 0 Å². The van der Waals surface area contributed by atoms with Gasteiger partial charge in [-0.05, 0) is 32.0 Å². The van der Waals surface area contributed by atoms with E-state index in [-0.39, 0.29) is 11.7 Å². The summed E-state index contributed by atoms with van der Waals surface area (Å²) in [4.78, 5) is 4.36. The second kappa shape index (κ2) is 5.09. The first-order chi connectivity index (χ1) is 9.29. The van der Waals surface area contributed by atoms with Gasteiger partial charge in [-0.25, -0.2) is 4.39 Å². The summed E-state index contributed by atoms with van der Waals surface area (Å²) in [6.07, 6.45) is 3.29. The largest absolute Gasteiger partial charge is 0.339 e. The van der Waals surface area contributed by atoms with E-state index in [2.05, 4.69) is 15.5 Å². The van der Waals surface area contributed by atoms with Crippen LogP contribution in [-0.4, -0.2) is 23.2 Å². The van der Waals surface area contributed by atoms with Crippen LogP contribution in [0.2, 0.25) is 0 Å². The van der Waals surface area contributed by atoms with Gasteiger partial charge in [-0.3, -0.25) is 0 Å². The fourth-order valence-electron chi connectivity index (χ4n) is 2.74. The van der Waals surface area contributed by atoms with Crippen molar-refractivity contribution in [1.82, 2.24) is 15.5 Å². The van der Waals surface area contributed by atoms with Crippen LogP contribution in [0.1, 0.15) is 31.1 Å². The number of benzene rings is 1. The van der Waals surface area contributed by atoms with Crippen molar-refractivity contribution < 1.29 is 8.91 Å². The third kappa shape index (κ3) is 2.26. The van der Waals surface area contributed by atoms with Gasteiger partial charge in [0.25, 0.3) is 0 Å². The van der Waals surface area contributed by atoms with E-state index >= 15 is 0 Å². The number of halogens is 1. The van der Waals surface area contributed by atoms with Crippen molar-refractivity contribution in [2.75, 3.05) is 7.05 Å². The molecule has 1 fully saturated rings. The van der Waals surface area contributed by atoms with Gasteiger partial charge in [-0.1, -0.05) is 23.7 Å². The molecule has 100 valence electrons. The van der Waals surface area contributed by atoms with Crippen LogP contribution in [0.5, 0.6) is 0 Å². The van der Waals surface area contributed by atoms with Gasteiger partial charge in [-0.2, -0.15) is 4.98 Å². The maximum absolute atomic E-state index is 13.7. The molecule has 1 heterocycles. The van der Waals surface area contributed by atoms with Crippen LogP contribution < -0.4 is 5.32 Å². The Morgan fingerprint density at radius 1 is 1.32 bits per heavy atom. The maximum Gasteiger partial charge on any atom is 0.231 e. The third-order valence-corrected chi connectivity index (χ3v) is 3.76. The van der Waals surface area contributed by atoms with Crippen molar-refractivity contribution >= 4 is 0 Å². The highest BCUT2D eigenvalue weighted by Gasteiger charge is 2.32. The highest BCUT2D eigenvalue weighted by molar-refractivity contribution is 5.54. The van der Waals surface area contributed by atoms with Gasteiger partial charge in [0, 0.05) is 6.04 Å². The number of hydrogen-bond acceptors (Lipinski definition) is 4. The molecule has 19 heavy (non-hydrogen) atoms. The van der Waals surface area contributed by atoms with E-state index in [0.717, 1.165) is 19.3 Å². The Morgan fingerprint density at radius 2 is 2.16 bits per heavy atom. The number of nitrogens with one attached hydrogen (secondary N) is 1. The summed E-state index contributed by atoms with van der Waals surface area (Å²) in [6, 6.07) is 6.84. The molecule has 0 saturated heterocycles. The van der Waals surface area contributed by atoms with Crippen molar-refractivity contribution in [2.45, 2.75) is 31.2 Å². The molecule has 1 aliphatic rings. The fraction of sp³-hybridized carbons (Fsp3) is 0.429. The van der Waals surface area contributed by atoms with Gasteiger partial charge < -0.3 is 9.84 Å². The average molecular weight is 261 g/mol. The molecular weight excluding hydrogens is 245 g/mol. The molecule has 5 heteroatoms. The molecule has 2 unspecified atom stereocenters. The number of nitrogens with zero attached hydrogens (tertiary/aromatic N) is 2. The number of rotatable bonds is 3. The molecular formula is C14H16FN3O. The summed E-state index contributed by atoms with van der Waals surface area (Å²) in [7, 11) is 1.94. The van der Waals surface area contributed by atoms with Crippen molar-refractivity contribution in [3.63, 3.8) is 0 Å². The third-order valence-electron chi connectivity index (χ3n) is 3.76. The molecule has 4 nitrogen and oxygen atoms in total. The van der Waals surface area contributed by atoms with Crippen molar-refractivity contribution in [2.24, 2.45) is 0 Å². The normalized spacial score (nSPS) is 22.8. The minimum Gasteiger partial charge on any atom is -0.339 e. The quantitative estimate of drug-likeness (QED) is 0.923. The van der Waals surface area contributed by atoms with Crippen LogP contribution in [0.4, 0.5) is 4.39 Å². The molecule has 0 aliphatic heterocycles. The van der Waals surface area contributed by atoms with Crippen molar-refractivity contribution in [1.29, 1.82) is 0 Å². The first-order valence-electron chi connectivity index (χ1n) is 6.55. The molecule has 2 aromatic rings. The van der Waals surface area contributed by atoms with Gasteiger partial charge in [0.15, 0.2) is 0 Å². The molecule has 0 radical (unpaired) electrons. The highest BCUT2D eigenvalue weighted by atomic mass is 19.1. The Bertz CT molecular complexity index is 569. The summed E-state index contributed by atoms with van der Waals surface area (Å²) >= 11 is 0. The molecule has 3 rings (SSSR count). The summed E-state index contributed by atoms with van der Waals surface area (Å²) in [5.41, 5.74) is 0.386. The predicted octanol–water partition coefficient (Wildman–Crippen LogP) is 2.73. The minimum absolute atomic E-state index is 0.234. The van der Waals surface area contributed by atoms with Crippen LogP contribution in [0.15, 0.2) is 28.8 Å². The van der Waals surface area contributed by atoms with Crippen molar-refractivity contribution in [3.05, 3.63) is 36.0 Å². The second-order valence-electron chi connectivity index (χ2n) is 4.87. The molecule has 1 saturated carbocycles. The van der Waals surface area contributed by atoms with Crippen LogP contribution in [0.25, 0.3) is 11.4 Å². The lowest BCUT2D eigenvalue weighted by molar-refractivity contribution is 0.335. The average Bonchev–Trinajstić information content (AvgIpc) is 3.07. The van der Waals surface area contributed by atoms with Crippen LogP contribution in [0, 0.1) is 5.82 Å². The van der Waals surface area contributed by atoms with Gasteiger partial charge >= 0.3 is 0 Å². The smallest absolute Gasteiger partial charge is 0.231 e. The second-order valence-corrected chi connectivity index (χ2v) is 4.87. The van der Waals surface area contributed by atoms with Gasteiger partial charge in [0.05, 0.1) is 11.5 Å². The first-order valence-corrected chi connectivity index (χ1v) is 6.55. The SMILES string of the molecule is CNC1CCCC1c1nc(-c2ccccc2F)no1. The topological polar surface area (TPSA) is 51.0 Å². The lowest BCUT2D eigenvalue weighted by Gasteiger charge is -2.14. The summed E-state index contributed by atoms with van der Waals surface area (Å²) in [6.45, 7) is 0. The van der Waals surface area contributed by atoms with Crippen molar-refractivity contribution in [3.8, 4) is 11.4 Å². The Kier molecular flexibility index (Phi) is 3.29. The van der Waals surface area contributed by atoms with E-state index in [0.29, 0.717) is 23.3 Å². The molecule has 0 amide bonds. The van der Waals surface area contributed by atoms with Gasteiger partial charge in [0.2, 0.25) is 11.7 Å². The molecule has 1 aromatic heterocycles. The number of aromatic nitrogens is 2. The molecule has 1 N–H and O–H groups in total. The summed E-state index contributed by atoms with van der Waals surface area (Å²) in [5, 5.41) is 7.18. The van der Waals surface area contributed by atoms with E-state index < -0.39 is 0 Å². The Hall–Kier alpha value is -1.75. The van der Waals surface area contributed by atoms with Gasteiger partial charge in [-0.15, -0.1) is 0 Å². The molecule has 0 bridgehead atoms. The Balaban J connectivity index is 1.90. The molecule has 2 atom stereocenters. The zero-order valence-electron chi connectivity index (χ0n) is 10.8. The fourth-order valence-corrected chi connectivity index (χ4v) is 2.74. The van der Waals surface area contributed by atoms with Gasteiger partial charge in [0.1, 0.15) is 5.82 Å². The Morgan fingerprint density at radius 3 is 2.95 bits per heavy atom. The lowest BCUT2D eigenvalue weighted by atomic mass is 10.0. The van der Waals surface area contributed by atoms with E-state index in [1.54, 1.807) is 18.2 Å².